The highest BCUT2D eigenvalue weighted by Crippen LogP contribution is 2.14. The third-order valence-electron chi connectivity index (χ3n) is 4.38. The summed E-state index contributed by atoms with van der Waals surface area (Å²) < 4.78 is 7.08. The van der Waals surface area contributed by atoms with Crippen LogP contribution in [0.3, 0.4) is 0 Å². The molecule has 0 saturated heterocycles. The number of hydrogen-bond acceptors (Lipinski definition) is 5. The smallest absolute Gasteiger partial charge is 0.408 e. The third kappa shape index (κ3) is 7.28. The van der Waals surface area contributed by atoms with Crippen molar-refractivity contribution in [2.45, 2.75) is 31.6 Å². The predicted molar refractivity (Wildman–Crippen MR) is 125 cm³/mol. The van der Waals surface area contributed by atoms with Crippen molar-refractivity contribution in [1.82, 2.24) is 10.6 Å². The van der Waals surface area contributed by atoms with Crippen LogP contribution in [0.5, 0.6) is 0 Å². The average Bonchev–Trinajstić information content (AvgIpc) is 3.17. The number of nitrogens with zero attached hydrogens (tertiary/aromatic N) is 1. The summed E-state index contributed by atoms with van der Waals surface area (Å²) in [6.07, 6.45) is 0.0591. The van der Waals surface area contributed by atoms with Gasteiger partial charge in [-0.3, -0.25) is 4.79 Å². The van der Waals surface area contributed by atoms with Crippen molar-refractivity contribution in [1.29, 1.82) is 0 Å². The Bertz CT molecular complexity index is 893. The monoisotopic (exact) mass is 585 g/mol. The van der Waals surface area contributed by atoms with Gasteiger partial charge in [-0.1, -0.05) is 47.6 Å². The Morgan fingerprint density at radius 1 is 1.17 bits per heavy atom. The zero-order valence-electron chi connectivity index (χ0n) is 16.0. The normalized spacial score (nSPS) is 16.2. The van der Waals surface area contributed by atoms with Gasteiger partial charge in [-0.15, -0.1) is 0 Å². The van der Waals surface area contributed by atoms with E-state index in [4.69, 9.17) is 9.57 Å². The fourth-order valence-corrected chi connectivity index (χ4v) is 3.62. The van der Waals surface area contributed by atoms with Crippen LogP contribution >= 0.6 is 38.5 Å². The lowest BCUT2D eigenvalue weighted by atomic mass is 10.1. The van der Waals surface area contributed by atoms with Crippen LogP contribution in [0.1, 0.15) is 17.5 Å². The van der Waals surface area contributed by atoms with E-state index >= 15 is 0 Å². The first-order valence-corrected chi connectivity index (χ1v) is 11.2. The summed E-state index contributed by atoms with van der Waals surface area (Å²) in [5.74, 6) is -0.308. The van der Waals surface area contributed by atoms with Crippen molar-refractivity contribution >= 4 is 55.1 Å². The summed E-state index contributed by atoms with van der Waals surface area (Å²) in [6.45, 7) is 0.424. The largest absolute Gasteiger partial charge is 0.445 e. The van der Waals surface area contributed by atoms with E-state index in [1.54, 1.807) is 0 Å². The molecule has 3 rings (SSSR count). The fourth-order valence-electron chi connectivity index (χ4n) is 2.81. The Morgan fingerprint density at radius 2 is 1.90 bits per heavy atom. The number of oxime groups is 1. The summed E-state index contributed by atoms with van der Waals surface area (Å²) in [5.41, 5.74) is 1.80. The van der Waals surface area contributed by atoms with Gasteiger partial charge in [0.1, 0.15) is 17.3 Å². The van der Waals surface area contributed by atoms with Gasteiger partial charge in [0.2, 0.25) is 5.91 Å². The molecule has 2 amide bonds. The summed E-state index contributed by atoms with van der Waals surface area (Å²) in [6, 6.07) is 16.4. The maximum Gasteiger partial charge on any atom is 0.408 e. The second kappa shape index (κ2) is 11.3. The molecule has 0 bridgehead atoms. The van der Waals surface area contributed by atoms with Crippen molar-refractivity contribution in [3.8, 4) is 0 Å². The zero-order chi connectivity index (χ0) is 21.3. The van der Waals surface area contributed by atoms with Crippen LogP contribution in [0.2, 0.25) is 0 Å². The fraction of sp³-hybridized carbons (Fsp3) is 0.286. The summed E-state index contributed by atoms with van der Waals surface area (Å²) >= 11 is 5.49. The Kier molecular flexibility index (Phi) is 8.50. The molecule has 2 atom stereocenters. The number of rotatable bonds is 8. The molecule has 1 aliphatic heterocycles. The number of ether oxygens (including phenoxy) is 1. The Labute approximate surface area is 196 Å². The molecule has 2 N–H and O–H groups in total. The van der Waals surface area contributed by atoms with E-state index in [1.807, 2.05) is 54.6 Å². The van der Waals surface area contributed by atoms with Crippen molar-refractivity contribution in [3.05, 3.63) is 69.3 Å². The maximum absolute atomic E-state index is 12.8. The lowest BCUT2D eigenvalue weighted by Gasteiger charge is -2.19. The number of carbonyl (C=O) groups is 2. The van der Waals surface area contributed by atoms with Crippen LogP contribution in [-0.4, -0.2) is 35.3 Å². The minimum atomic E-state index is -0.779. The summed E-state index contributed by atoms with van der Waals surface area (Å²) in [7, 11) is 0. The molecule has 9 heteroatoms. The van der Waals surface area contributed by atoms with Gasteiger partial charge in [0.25, 0.3) is 0 Å². The number of nitrogens with one attached hydrogen (secondary N) is 2. The molecule has 158 valence electrons. The number of carbonyl (C=O) groups excluding carboxylic acids is 2. The standard InChI is InChI=1S/C21H21BrIN3O4/c22-19-11-17(30-26-19)12-24-20(27)18(10-14-6-8-16(23)9-7-14)25-21(28)29-13-15-4-2-1-3-5-15/h1-9,17-18H,10-13H2,(H,24,27)(H,25,28)/t17?,18-/m0/s1. The van der Waals surface area contributed by atoms with Crippen molar-refractivity contribution in [2.75, 3.05) is 6.54 Å². The quantitative estimate of drug-likeness (QED) is 0.462. The minimum absolute atomic E-state index is 0.131. The van der Waals surface area contributed by atoms with E-state index in [2.05, 4.69) is 54.3 Å². The maximum atomic E-state index is 12.8. The lowest BCUT2D eigenvalue weighted by molar-refractivity contribution is -0.123. The molecule has 1 heterocycles. The molecule has 0 saturated carbocycles. The average molecular weight is 586 g/mol. The molecule has 0 aromatic heterocycles. The molecule has 0 aliphatic carbocycles. The zero-order valence-corrected chi connectivity index (χ0v) is 19.8. The van der Waals surface area contributed by atoms with Gasteiger partial charge in [0.15, 0.2) is 6.10 Å². The van der Waals surface area contributed by atoms with Gasteiger partial charge in [-0.2, -0.15) is 0 Å². The topological polar surface area (TPSA) is 89.0 Å². The molecule has 1 aliphatic rings. The van der Waals surface area contributed by atoms with Gasteiger partial charge in [-0.05, 0) is 61.8 Å². The highest BCUT2D eigenvalue weighted by atomic mass is 127. The van der Waals surface area contributed by atoms with E-state index in [0.29, 0.717) is 24.0 Å². The van der Waals surface area contributed by atoms with E-state index in [1.165, 1.54) is 0 Å². The number of hydrogen-bond donors (Lipinski definition) is 2. The van der Waals surface area contributed by atoms with Gasteiger partial charge in [0.05, 0.1) is 6.54 Å². The highest BCUT2D eigenvalue weighted by molar-refractivity contribution is 14.1. The van der Waals surface area contributed by atoms with E-state index < -0.39 is 12.1 Å². The predicted octanol–water partition coefficient (Wildman–Crippen LogP) is 3.74. The van der Waals surface area contributed by atoms with Crippen molar-refractivity contribution in [3.63, 3.8) is 0 Å². The number of halogens is 2. The van der Waals surface area contributed by atoms with Crippen LogP contribution in [0.4, 0.5) is 4.79 Å². The van der Waals surface area contributed by atoms with E-state index in [0.717, 1.165) is 14.7 Å². The second-order valence-electron chi connectivity index (χ2n) is 6.73. The molecule has 0 spiro atoms. The van der Waals surface area contributed by atoms with Crippen LogP contribution in [0.15, 0.2) is 59.8 Å². The first-order valence-electron chi connectivity index (χ1n) is 9.37. The van der Waals surface area contributed by atoms with Gasteiger partial charge >= 0.3 is 6.09 Å². The summed E-state index contributed by atoms with van der Waals surface area (Å²) in [4.78, 5) is 30.3. The van der Waals surface area contributed by atoms with Crippen LogP contribution < -0.4 is 10.6 Å². The molecule has 7 nitrogen and oxygen atoms in total. The molecule has 30 heavy (non-hydrogen) atoms. The van der Waals surface area contributed by atoms with Crippen LogP contribution in [0, 0.1) is 3.57 Å². The van der Waals surface area contributed by atoms with Crippen molar-refractivity contribution in [2.24, 2.45) is 5.16 Å². The molecule has 1 unspecified atom stereocenters. The van der Waals surface area contributed by atoms with Crippen LogP contribution in [0.25, 0.3) is 0 Å². The van der Waals surface area contributed by atoms with Crippen LogP contribution in [-0.2, 0) is 27.4 Å². The van der Waals surface area contributed by atoms with E-state index in [9.17, 15) is 9.59 Å². The third-order valence-corrected chi connectivity index (χ3v) is 5.56. The molecule has 2 aromatic carbocycles. The Morgan fingerprint density at radius 3 is 2.57 bits per heavy atom. The number of alkyl carbamates (subject to hydrolysis) is 1. The molecular weight excluding hydrogens is 565 g/mol. The first-order chi connectivity index (χ1) is 14.5. The SMILES string of the molecule is O=C(N[C@@H](Cc1ccc(I)cc1)C(=O)NCC1CC(Br)=NO1)OCc1ccccc1. The Balaban J connectivity index is 1.58. The summed E-state index contributed by atoms with van der Waals surface area (Å²) in [5, 5.41) is 9.32. The number of amides is 2. The Hall–Kier alpha value is -2.14. The lowest BCUT2D eigenvalue weighted by Crippen LogP contribution is -2.49. The minimum Gasteiger partial charge on any atom is -0.445 e. The molecular formula is C21H21BrIN3O4. The first kappa shape index (κ1) is 22.5. The molecule has 2 aromatic rings. The van der Waals surface area contributed by atoms with Gasteiger partial charge in [-0.25, -0.2) is 4.79 Å². The van der Waals surface area contributed by atoms with Gasteiger partial charge in [0, 0.05) is 16.4 Å². The number of benzene rings is 2. The van der Waals surface area contributed by atoms with E-state index in [-0.39, 0.29) is 18.6 Å². The van der Waals surface area contributed by atoms with Gasteiger partial charge < -0.3 is 20.2 Å². The second-order valence-corrected chi connectivity index (χ2v) is 8.89. The molecule has 0 radical (unpaired) electrons. The highest BCUT2D eigenvalue weighted by Gasteiger charge is 2.25. The van der Waals surface area contributed by atoms with Crippen molar-refractivity contribution < 1.29 is 19.2 Å². The molecule has 0 fully saturated rings.